The summed E-state index contributed by atoms with van der Waals surface area (Å²) >= 11 is 6.35. The number of nitrogens with one attached hydrogen (secondary N) is 3. The fourth-order valence-corrected chi connectivity index (χ4v) is 7.34. The monoisotopic (exact) mass is 747 g/mol. The SMILES string of the molecule is CC[C@@H]1C[C@]1(NC(=O)[C@@H]1C[C@@H](OC(=O)N2Cc3cccc(Cl)c3C2)CN1C(=O)C(Nc1cccc(C(F)(F)F)c1)C(C)(C)C)C(=O)NOCC1CC1. The Hall–Kier alpha value is -4.04. The molecule has 1 unspecified atom stereocenters. The number of nitrogens with zero attached hydrogens (tertiary/aromatic N) is 2. The summed E-state index contributed by atoms with van der Waals surface area (Å²) in [6, 6.07) is 7.73. The van der Waals surface area contributed by atoms with E-state index in [-0.39, 0.29) is 37.7 Å². The Bertz CT molecular complexity index is 1720. The average molecular weight is 748 g/mol. The minimum atomic E-state index is -4.60. The third kappa shape index (κ3) is 8.12. The molecule has 3 fully saturated rings. The van der Waals surface area contributed by atoms with Gasteiger partial charge >= 0.3 is 12.3 Å². The highest BCUT2D eigenvalue weighted by Gasteiger charge is 2.61. The van der Waals surface area contributed by atoms with Crippen LogP contribution in [0.3, 0.4) is 0 Å². The zero-order valence-corrected chi connectivity index (χ0v) is 30.4. The molecule has 2 aromatic rings. The number of halogens is 4. The van der Waals surface area contributed by atoms with E-state index in [9.17, 15) is 32.3 Å². The topological polar surface area (TPSA) is 129 Å². The maximum absolute atomic E-state index is 14.5. The van der Waals surface area contributed by atoms with Gasteiger partial charge in [-0.1, -0.05) is 63.9 Å². The molecule has 0 spiro atoms. The zero-order valence-electron chi connectivity index (χ0n) is 29.6. The predicted molar refractivity (Wildman–Crippen MR) is 185 cm³/mol. The van der Waals surface area contributed by atoms with Crippen molar-refractivity contribution in [2.45, 2.75) is 103 Å². The van der Waals surface area contributed by atoms with Crippen molar-refractivity contribution >= 4 is 41.1 Å². The first-order chi connectivity index (χ1) is 24.5. The van der Waals surface area contributed by atoms with Gasteiger partial charge in [-0.15, -0.1) is 0 Å². The van der Waals surface area contributed by atoms with E-state index in [0.29, 0.717) is 30.4 Å². The first-order valence-corrected chi connectivity index (χ1v) is 18.1. The van der Waals surface area contributed by atoms with E-state index < -0.39 is 64.7 Å². The number of benzene rings is 2. The van der Waals surface area contributed by atoms with E-state index in [1.54, 1.807) is 32.9 Å². The van der Waals surface area contributed by atoms with E-state index in [2.05, 4.69) is 16.1 Å². The molecular weight excluding hydrogens is 703 g/mol. The Morgan fingerprint density at radius 3 is 2.42 bits per heavy atom. The highest BCUT2D eigenvalue weighted by atomic mass is 35.5. The summed E-state index contributed by atoms with van der Waals surface area (Å²) in [5.41, 5.74) is 1.32. The van der Waals surface area contributed by atoms with Gasteiger partial charge in [-0.05, 0) is 71.9 Å². The van der Waals surface area contributed by atoms with Crippen LogP contribution in [0.25, 0.3) is 0 Å². The highest BCUT2D eigenvalue weighted by Crippen LogP contribution is 2.46. The summed E-state index contributed by atoms with van der Waals surface area (Å²) in [4.78, 5) is 63.7. The number of fused-ring (bicyclic) bond motifs is 1. The van der Waals surface area contributed by atoms with Crippen molar-refractivity contribution in [3.63, 3.8) is 0 Å². The molecule has 3 N–H and O–H groups in total. The highest BCUT2D eigenvalue weighted by molar-refractivity contribution is 6.31. The Morgan fingerprint density at radius 1 is 1.06 bits per heavy atom. The van der Waals surface area contributed by atoms with Crippen molar-refractivity contribution in [1.82, 2.24) is 20.6 Å². The van der Waals surface area contributed by atoms with Gasteiger partial charge in [0.1, 0.15) is 23.7 Å². The largest absolute Gasteiger partial charge is 0.444 e. The van der Waals surface area contributed by atoms with Crippen LogP contribution in [0.15, 0.2) is 42.5 Å². The average Bonchev–Trinajstić information content (AvgIpc) is 3.94. The summed E-state index contributed by atoms with van der Waals surface area (Å²) in [5.74, 6) is -1.41. The smallest absolute Gasteiger partial charge is 0.416 e. The van der Waals surface area contributed by atoms with Gasteiger partial charge in [0.15, 0.2) is 0 Å². The molecule has 4 aliphatic rings. The lowest BCUT2D eigenvalue weighted by molar-refractivity contribution is -0.144. The maximum Gasteiger partial charge on any atom is 0.416 e. The van der Waals surface area contributed by atoms with Crippen LogP contribution in [-0.2, 0) is 43.2 Å². The van der Waals surface area contributed by atoms with Gasteiger partial charge in [0.05, 0.1) is 25.3 Å². The van der Waals surface area contributed by atoms with Crippen LogP contribution in [0.1, 0.15) is 76.5 Å². The van der Waals surface area contributed by atoms with Crippen LogP contribution in [0, 0.1) is 17.3 Å². The van der Waals surface area contributed by atoms with Crippen molar-refractivity contribution in [3.05, 3.63) is 64.2 Å². The summed E-state index contributed by atoms with van der Waals surface area (Å²) < 4.78 is 46.6. The second-order valence-electron chi connectivity index (χ2n) is 15.5. The molecular formula is C37H45ClF3N5O6. The second-order valence-corrected chi connectivity index (χ2v) is 15.9. The number of hydrogen-bond acceptors (Lipinski definition) is 7. The summed E-state index contributed by atoms with van der Waals surface area (Å²) in [6.07, 6.45) is -3.14. The Balaban J connectivity index is 1.23. The molecule has 0 bridgehead atoms. The molecule has 2 aliphatic carbocycles. The van der Waals surface area contributed by atoms with Gasteiger partial charge < -0.3 is 20.3 Å². The van der Waals surface area contributed by atoms with Crippen molar-refractivity contribution in [2.24, 2.45) is 17.3 Å². The van der Waals surface area contributed by atoms with Crippen molar-refractivity contribution in [1.29, 1.82) is 0 Å². The van der Waals surface area contributed by atoms with Gasteiger partial charge in [0.25, 0.3) is 5.91 Å². The molecule has 2 heterocycles. The number of carbonyl (C=O) groups excluding carboxylic acids is 4. The van der Waals surface area contributed by atoms with Crippen LogP contribution in [-0.4, -0.2) is 70.5 Å². The minimum Gasteiger partial charge on any atom is -0.444 e. The Morgan fingerprint density at radius 2 is 1.79 bits per heavy atom. The molecule has 0 aromatic heterocycles. The standard InChI is InChI=1S/C37H45ClF3N5O6/c1-5-23-16-36(23,33(49)44-51-20-21-12-13-21)43-31(47)29-15-26(52-34(50)45-17-22-8-6-11-28(38)27(22)19-45)18-46(29)32(48)30(35(2,3)4)42-25-10-7-9-24(14-25)37(39,40)41/h6-11,14,21,23,26,29-30,42H,5,12-13,15-20H2,1-4H3,(H,43,47)(H,44,49)/t23-,26-,29+,30?,36-/m1/s1. The van der Waals surface area contributed by atoms with E-state index >= 15 is 0 Å². The van der Waals surface area contributed by atoms with Crippen LogP contribution in [0.5, 0.6) is 0 Å². The minimum absolute atomic E-state index is 0.0576. The number of hydroxylamine groups is 1. The van der Waals surface area contributed by atoms with E-state index in [4.69, 9.17) is 21.2 Å². The van der Waals surface area contributed by atoms with Crippen LogP contribution in [0.2, 0.25) is 5.02 Å². The molecule has 0 radical (unpaired) electrons. The Labute approximate surface area is 305 Å². The molecule has 2 aromatic carbocycles. The molecule has 4 amide bonds. The number of anilines is 1. The summed E-state index contributed by atoms with van der Waals surface area (Å²) in [6.45, 7) is 7.92. The van der Waals surface area contributed by atoms with Crippen LogP contribution < -0.4 is 16.1 Å². The van der Waals surface area contributed by atoms with Crippen molar-refractivity contribution in [2.75, 3.05) is 18.5 Å². The fourth-order valence-electron chi connectivity index (χ4n) is 7.08. The van der Waals surface area contributed by atoms with Gasteiger partial charge in [-0.3, -0.25) is 24.1 Å². The predicted octanol–water partition coefficient (Wildman–Crippen LogP) is 6.05. The molecule has 282 valence electrons. The number of likely N-dealkylation sites (tertiary alicyclic amines) is 1. The molecule has 6 rings (SSSR count). The van der Waals surface area contributed by atoms with E-state index in [1.165, 1.54) is 21.9 Å². The fraction of sp³-hybridized carbons (Fsp3) is 0.568. The molecule has 5 atom stereocenters. The Kier molecular flexibility index (Phi) is 10.5. The van der Waals surface area contributed by atoms with E-state index in [1.807, 2.05) is 13.0 Å². The number of hydrogen-bond donors (Lipinski definition) is 3. The van der Waals surface area contributed by atoms with Crippen LogP contribution in [0.4, 0.5) is 23.7 Å². The molecule has 2 aliphatic heterocycles. The number of ether oxygens (including phenoxy) is 1. The first-order valence-electron chi connectivity index (χ1n) is 17.7. The molecule has 1 saturated heterocycles. The third-order valence-corrected chi connectivity index (χ3v) is 10.8. The molecule has 11 nitrogen and oxygen atoms in total. The van der Waals surface area contributed by atoms with Gasteiger partial charge in [0, 0.05) is 23.7 Å². The molecule has 15 heteroatoms. The third-order valence-electron chi connectivity index (χ3n) is 10.4. The lowest BCUT2D eigenvalue weighted by Gasteiger charge is -2.36. The summed E-state index contributed by atoms with van der Waals surface area (Å²) in [5, 5.41) is 6.43. The van der Waals surface area contributed by atoms with Crippen molar-refractivity contribution in [3.8, 4) is 0 Å². The molecule has 2 saturated carbocycles. The number of alkyl halides is 3. The van der Waals surface area contributed by atoms with Gasteiger partial charge in [0.2, 0.25) is 11.8 Å². The summed E-state index contributed by atoms with van der Waals surface area (Å²) in [7, 11) is 0. The van der Waals surface area contributed by atoms with E-state index in [0.717, 1.165) is 36.1 Å². The lowest BCUT2D eigenvalue weighted by Crippen LogP contribution is -2.58. The lowest BCUT2D eigenvalue weighted by atomic mass is 9.85. The van der Waals surface area contributed by atoms with Gasteiger partial charge in [-0.25, -0.2) is 10.3 Å². The quantitative estimate of drug-likeness (QED) is 0.239. The number of amides is 4. The normalized spacial score (nSPS) is 24.6. The second kappa shape index (κ2) is 14.4. The maximum atomic E-state index is 14.5. The first kappa shape index (κ1) is 37.7. The number of carbonyl (C=O) groups is 4. The van der Waals surface area contributed by atoms with Crippen molar-refractivity contribution < 1.29 is 41.9 Å². The zero-order chi connectivity index (χ0) is 37.6. The van der Waals surface area contributed by atoms with Gasteiger partial charge in [-0.2, -0.15) is 13.2 Å². The number of rotatable bonds is 11. The van der Waals surface area contributed by atoms with Crippen LogP contribution >= 0.6 is 11.6 Å². The molecule has 52 heavy (non-hydrogen) atoms.